The number of carbonyl (C=O) groups excluding carboxylic acids is 1. The fourth-order valence-electron chi connectivity index (χ4n) is 3.86. The molecule has 4 rings (SSSR count). The third kappa shape index (κ3) is 3.78. The van der Waals surface area contributed by atoms with Crippen molar-refractivity contribution in [1.29, 1.82) is 0 Å². The van der Waals surface area contributed by atoms with E-state index in [1.54, 1.807) is 11.0 Å². The summed E-state index contributed by atoms with van der Waals surface area (Å²) >= 11 is 6.95. The number of para-hydroxylation sites is 1. The molecule has 150 valence electrons. The maximum absolute atomic E-state index is 13.1. The SMILES string of the molecule is O=C([C@@H]1CCCN1S(=O)(=O)c1ccc(Cl)s1)N1CCN(c2ccccc2)CC1. The lowest BCUT2D eigenvalue weighted by atomic mass is 10.1. The quantitative estimate of drug-likeness (QED) is 0.734. The second kappa shape index (κ2) is 8.02. The molecule has 2 aliphatic rings. The van der Waals surface area contributed by atoms with E-state index >= 15 is 0 Å². The lowest BCUT2D eigenvalue weighted by molar-refractivity contribution is -0.134. The highest BCUT2D eigenvalue weighted by atomic mass is 35.5. The highest BCUT2D eigenvalue weighted by Gasteiger charge is 2.42. The van der Waals surface area contributed by atoms with Gasteiger partial charge in [-0.2, -0.15) is 4.31 Å². The Morgan fingerprint density at radius 1 is 1.00 bits per heavy atom. The number of hydrogen-bond acceptors (Lipinski definition) is 5. The Labute approximate surface area is 174 Å². The first-order valence-electron chi connectivity index (χ1n) is 9.33. The molecule has 0 saturated carbocycles. The number of benzene rings is 1. The number of hydrogen-bond donors (Lipinski definition) is 0. The van der Waals surface area contributed by atoms with E-state index in [2.05, 4.69) is 17.0 Å². The van der Waals surface area contributed by atoms with Gasteiger partial charge in [-0.3, -0.25) is 4.79 Å². The van der Waals surface area contributed by atoms with Crippen molar-refractivity contribution in [3.63, 3.8) is 0 Å². The van der Waals surface area contributed by atoms with E-state index < -0.39 is 16.1 Å². The van der Waals surface area contributed by atoms with E-state index in [-0.39, 0.29) is 10.1 Å². The summed E-state index contributed by atoms with van der Waals surface area (Å²) in [5, 5.41) is 0. The standard InChI is InChI=1S/C19H22ClN3O3S2/c20-17-8-9-18(27-17)28(25,26)23-10-4-7-16(23)19(24)22-13-11-21(12-14-22)15-5-2-1-3-6-15/h1-3,5-6,8-9,16H,4,7,10-14H2/t16-/m0/s1. The maximum Gasteiger partial charge on any atom is 0.253 e. The first-order chi connectivity index (χ1) is 13.5. The zero-order chi connectivity index (χ0) is 19.7. The summed E-state index contributed by atoms with van der Waals surface area (Å²) in [4.78, 5) is 17.2. The summed E-state index contributed by atoms with van der Waals surface area (Å²) < 4.78 is 28.0. The molecule has 2 aromatic rings. The minimum atomic E-state index is -3.69. The molecule has 0 unspecified atom stereocenters. The molecule has 0 aliphatic carbocycles. The third-order valence-corrected chi connectivity index (χ3v) is 8.92. The van der Waals surface area contributed by atoms with Crippen LogP contribution in [0.2, 0.25) is 4.34 Å². The average molecular weight is 440 g/mol. The molecule has 0 radical (unpaired) electrons. The predicted octanol–water partition coefficient (Wildman–Crippen LogP) is 2.90. The van der Waals surface area contributed by atoms with Gasteiger partial charge in [-0.1, -0.05) is 29.8 Å². The molecular weight excluding hydrogens is 418 g/mol. The number of rotatable bonds is 4. The van der Waals surface area contributed by atoms with Gasteiger partial charge in [-0.25, -0.2) is 8.42 Å². The number of thiophene rings is 1. The zero-order valence-corrected chi connectivity index (χ0v) is 17.7. The van der Waals surface area contributed by atoms with Gasteiger partial charge >= 0.3 is 0 Å². The Balaban J connectivity index is 1.44. The van der Waals surface area contributed by atoms with Gasteiger partial charge in [0.15, 0.2) is 0 Å². The first kappa shape index (κ1) is 19.7. The number of halogens is 1. The van der Waals surface area contributed by atoms with Crippen LogP contribution in [0.1, 0.15) is 12.8 Å². The molecule has 1 amide bonds. The van der Waals surface area contributed by atoms with Crippen molar-refractivity contribution in [2.24, 2.45) is 0 Å². The Morgan fingerprint density at radius 3 is 2.36 bits per heavy atom. The largest absolute Gasteiger partial charge is 0.368 e. The molecule has 1 aromatic carbocycles. The molecule has 28 heavy (non-hydrogen) atoms. The number of sulfonamides is 1. The highest BCUT2D eigenvalue weighted by molar-refractivity contribution is 7.91. The van der Waals surface area contributed by atoms with Crippen LogP contribution in [0, 0.1) is 0 Å². The van der Waals surface area contributed by atoms with Crippen LogP contribution in [-0.2, 0) is 14.8 Å². The van der Waals surface area contributed by atoms with E-state index in [0.717, 1.165) is 30.1 Å². The molecule has 1 atom stereocenters. The second-order valence-corrected chi connectivity index (χ2v) is 10.8. The van der Waals surface area contributed by atoms with Gasteiger partial charge in [0.2, 0.25) is 5.91 Å². The molecule has 1 aromatic heterocycles. The van der Waals surface area contributed by atoms with Crippen molar-refractivity contribution in [2.45, 2.75) is 23.1 Å². The molecule has 3 heterocycles. The molecule has 9 heteroatoms. The van der Waals surface area contributed by atoms with E-state index in [9.17, 15) is 13.2 Å². The van der Waals surface area contributed by atoms with Gasteiger partial charge in [0.25, 0.3) is 10.0 Å². The summed E-state index contributed by atoms with van der Waals surface area (Å²) in [5.41, 5.74) is 1.15. The Hall–Kier alpha value is -1.61. The molecule has 0 spiro atoms. The van der Waals surface area contributed by atoms with Crippen molar-refractivity contribution >= 4 is 44.6 Å². The zero-order valence-electron chi connectivity index (χ0n) is 15.3. The van der Waals surface area contributed by atoms with Gasteiger partial charge in [-0.15, -0.1) is 11.3 Å². The lowest BCUT2D eigenvalue weighted by Crippen LogP contribution is -2.54. The van der Waals surface area contributed by atoms with Crippen molar-refractivity contribution < 1.29 is 13.2 Å². The van der Waals surface area contributed by atoms with Crippen molar-refractivity contribution in [1.82, 2.24) is 9.21 Å². The van der Waals surface area contributed by atoms with Crippen molar-refractivity contribution in [3.8, 4) is 0 Å². The fraction of sp³-hybridized carbons (Fsp3) is 0.421. The van der Waals surface area contributed by atoms with Gasteiger partial charge < -0.3 is 9.80 Å². The van der Waals surface area contributed by atoms with Crippen LogP contribution in [0.4, 0.5) is 5.69 Å². The summed E-state index contributed by atoms with van der Waals surface area (Å²) in [5.74, 6) is -0.0866. The third-order valence-electron chi connectivity index (χ3n) is 5.31. The van der Waals surface area contributed by atoms with E-state index in [0.29, 0.717) is 36.8 Å². The highest BCUT2D eigenvalue weighted by Crippen LogP contribution is 2.33. The summed E-state index contributed by atoms with van der Waals surface area (Å²) in [6.07, 6.45) is 1.26. The number of carbonyl (C=O) groups is 1. The predicted molar refractivity (Wildman–Crippen MR) is 111 cm³/mol. The van der Waals surface area contributed by atoms with Crippen LogP contribution < -0.4 is 4.90 Å². The van der Waals surface area contributed by atoms with Crippen molar-refractivity contribution in [2.75, 3.05) is 37.6 Å². The molecule has 0 N–H and O–H groups in total. The number of piperazine rings is 1. The van der Waals surface area contributed by atoms with Crippen LogP contribution >= 0.6 is 22.9 Å². The summed E-state index contributed by atoms with van der Waals surface area (Å²) in [6, 6.07) is 12.6. The smallest absolute Gasteiger partial charge is 0.253 e. The molecule has 6 nitrogen and oxygen atoms in total. The minimum Gasteiger partial charge on any atom is -0.368 e. The lowest BCUT2D eigenvalue weighted by Gasteiger charge is -2.38. The minimum absolute atomic E-state index is 0.0866. The second-order valence-electron chi connectivity index (χ2n) is 6.98. The van der Waals surface area contributed by atoms with Gasteiger partial charge in [0.1, 0.15) is 10.3 Å². The van der Waals surface area contributed by atoms with Crippen LogP contribution in [0.5, 0.6) is 0 Å². The summed E-state index contributed by atoms with van der Waals surface area (Å²) in [6.45, 7) is 3.07. The maximum atomic E-state index is 13.1. The first-order valence-corrected chi connectivity index (χ1v) is 12.0. The summed E-state index contributed by atoms with van der Waals surface area (Å²) in [7, 11) is -3.69. The van der Waals surface area contributed by atoms with Crippen LogP contribution in [-0.4, -0.2) is 62.3 Å². The molecule has 0 bridgehead atoms. The molecule has 2 saturated heterocycles. The Morgan fingerprint density at radius 2 is 1.71 bits per heavy atom. The topological polar surface area (TPSA) is 60.9 Å². The van der Waals surface area contributed by atoms with Gasteiger partial charge in [-0.05, 0) is 37.1 Å². The molecule has 2 fully saturated rings. The average Bonchev–Trinajstić information content (AvgIpc) is 3.38. The van der Waals surface area contributed by atoms with Gasteiger partial charge in [0, 0.05) is 38.4 Å². The van der Waals surface area contributed by atoms with E-state index in [1.165, 1.54) is 10.4 Å². The van der Waals surface area contributed by atoms with E-state index in [1.807, 2.05) is 18.2 Å². The number of nitrogens with zero attached hydrogens (tertiary/aromatic N) is 3. The monoisotopic (exact) mass is 439 g/mol. The van der Waals surface area contributed by atoms with Crippen LogP contribution in [0.25, 0.3) is 0 Å². The van der Waals surface area contributed by atoms with Crippen molar-refractivity contribution in [3.05, 3.63) is 46.8 Å². The van der Waals surface area contributed by atoms with Crippen LogP contribution in [0.3, 0.4) is 0 Å². The Bertz CT molecular complexity index is 940. The fourth-order valence-corrected chi connectivity index (χ4v) is 7.12. The van der Waals surface area contributed by atoms with Gasteiger partial charge in [0.05, 0.1) is 4.34 Å². The molecular formula is C19H22ClN3O3S2. The normalized spacial score (nSPS) is 21.2. The van der Waals surface area contributed by atoms with Crippen LogP contribution in [0.15, 0.2) is 46.7 Å². The van der Waals surface area contributed by atoms with E-state index in [4.69, 9.17) is 11.6 Å². The number of amides is 1. The number of anilines is 1. The molecule has 2 aliphatic heterocycles. The Kier molecular flexibility index (Phi) is 5.64.